The number of rotatable bonds is 7. The van der Waals surface area contributed by atoms with Crippen LogP contribution in [0.4, 0.5) is 5.69 Å². The molecule has 2 heterocycles. The molecule has 5 nitrogen and oxygen atoms in total. The van der Waals surface area contributed by atoms with Gasteiger partial charge in [0, 0.05) is 30.2 Å². The summed E-state index contributed by atoms with van der Waals surface area (Å²) in [7, 11) is 0. The van der Waals surface area contributed by atoms with Gasteiger partial charge in [-0.15, -0.1) is 12.4 Å². The minimum Gasteiger partial charge on any atom is -0.460 e. The minimum atomic E-state index is -0.333. The van der Waals surface area contributed by atoms with Crippen molar-refractivity contribution in [2.75, 3.05) is 24.6 Å². The molecule has 4 rings (SSSR count). The number of hydrogen-bond donors (Lipinski definition) is 0. The molecule has 0 unspecified atom stereocenters. The van der Waals surface area contributed by atoms with E-state index in [1.807, 2.05) is 65.3 Å². The number of hydrogen-bond acceptors (Lipinski definition) is 4. The van der Waals surface area contributed by atoms with Crippen molar-refractivity contribution >= 4 is 29.7 Å². The van der Waals surface area contributed by atoms with Gasteiger partial charge in [0.15, 0.2) is 0 Å². The summed E-state index contributed by atoms with van der Waals surface area (Å²) < 4.78 is 7.41. The minimum absolute atomic E-state index is 0. The lowest BCUT2D eigenvalue weighted by Crippen LogP contribution is -2.27. The van der Waals surface area contributed by atoms with Crippen LogP contribution in [0, 0.1) is 0 Å². The maximum atomic E-state index is 12.5. The zero-order chi connectivity index (χ0) is 20.1. The fourth-order valence-corrected chi connectivity index (χ4v) is 3.30. The topological polar surface area (TPSA) is 46.8 Å². The van der Waals surface area contributed by atoms with Crippen LogP contribution in [0.25, 0.3) is 16.9 Å². The highest BCUT2D eigenvalue weighted by molar-refractivity contribution is 5.90. The fraction of sp³-hybridized carbons (Fsp3) is 0.167. The number of halogens is 1. The Hall–Kier alpha value is -3.31. The van der Waals surface area contributed by atoms with Crippen molar-refractivity contribution in [1.29, 1.82) is 0 Å². The summed E-state index contributed by atoms with van der Waals surface area (Å²) in [6, 6.07) is 23.6. The van der Waals surface area contributed by atoms with Crippen molar-refractivity contribution in [2.45, 2.75) is 6.92 Å². The zero-order valence-corrected chi connectivity index (χ0v) is 17.6. The summed E-state index contributed by atoms with van der Waals surface area (Å²) in [4.78, 5) is 19.3. The molecule has 0 radical (unpaired) electrons. The third kappa shape index (κ3) is 4.81. The van der Waals surface area contributed by atoms with E-state index in [0.29, 0.717) is 18.7 Å². The Labute approximate surface area is 182 Å². The van der Waals surface area contributed by atoms with E-state index in [1.165, 1.54) is 0 Å². The van der Waals surface area contributed by atoms with Crippen LogP contribution in [0.1, 0.15) is 17.3 Å². The molecule has 0 amide bonds. The smallest absolute Gasteiger partial charge is 0.338 e. The average molecular weight is 422 g/mol. The second kappa shape index (κ2) is 9.94. The molecule has 4 aromatic rings. The standard InChI is InChI=1S/C24H23N3O2.ClH/c1-2-26(21-11-7-4-8-12-21)15-16-29-24(28)20-13-14-27-18-22(25-23(27)17-20)19-9-5-3-6-10-19;/h3-14,17-18H,2,15-16H2,1H3;1H. The summed E-state index contributed by atoms with van der Waals surface area (Å²) in [6.07, 6.45) is 3.80. The largest absolute Gasteiger partial charge is 0.460 e. The van der Waals surface area contributed by atoms with Gasteiger partial charge in [0.2, 0.25) is 0 Å². The highest BCUT2D eigenvalue weighted by atomic mass is 35.5. The number of aromatic nitrogens is 2. The molecule has 2 aromatic carbocycles. The molecule has 30 heavy (non-hydrogen) atoms. The molecule has 0 spiro atoms. The van der Waals surface area contributed by atoms with E-state index in [4.69, 9.17) is 4.74 Å². The number of imidazole rings is 1. The molecule has 0 atom stereocenters. The van der Waals surface area contributed by atoms with Gasteiger partial charge >= 0.3 is 5.97 Å². The van der Waals surface area contributed by atoms with Crippen molar-refractivity contribution in [3.8, 4) is 11.3 Å². The Kier molecular flexibility index (Phi) is 7.09. The van der Waals surface area contributed by atoms with Crippen molar-refractivity contribution in [3.63, 3.8) is 0 Å². The summed E-state index contributed by atoms with van der Waals surface area (Å²) in [5.41, 5.74) is 4.26. The second-order valence-electron chi connectivity index (χ2n) is 6.72. The van der Waals surface area contributed by atoms with Gasteiger partial charge in [-0.2, -0.15) is 0 Å². The summed E-state index contributed by atoms with van der Waals surface area (Å²) in [6.45, 7) is 3.92. The lowest BCUT2D eigenvalue weighted by molar-refractivity contribution is 0.0515. The highest BCUT2D eigenvalue weighted by Gasteiger charge is 2.12. The van der Waals surface area contributed by atoms with Crippen molar-refractivity contribution in [3.05, 3.63) is 90.8 Å². The number of carbonyl (C=O) groups excluding carboxylic acids is 1. The molecule has 2 aromatic heterocycles. The van der Waals surface area contributed by atoms with Gasteiger partial charge in [0.1, 0.15) is 12.3 Å². The normalized spacial score (nSPS) is 10.4. The lowest BCUT2D eigenvalue weighted by atomic mass is 10.2. The number of likely N-dealkylation sites (N-methyl/N-ethyl adjacent to an activating group) is 1. The van der Waals surface area contributed by atoms with Crippen LogP contribution in [0.15, 0.2) is 85.2 Å². The Morgan fingerprint density at radius 2 is 1.73 bits per heavy atom. The van der Waals surface area contributed by atoms with Crippen LogP contribution in [0.3, 0.4) is 0 Å². The van der Waals surface area contributed by atoms with Gasteiger partial charge in [-0.05, 0) is 31.2 Å². The predicted octanol–water partition coefficient (Wildman–Crippen LogP) is 5.11. The predicted molar refractivity (Wildman–Crippen MR) is 122 cm³/mol. The van der Waals surface area contributed by atoms with Gasteiger partial charge in [-0.1, -0.05) is 48.5 Å². The van der Waals surface area contributed by atoms with Gasteiger partial charge in [0.05, 0.1) is 17.8 Å². The molecular weight excluding hydrogens is 398 g/mol. The maximum absolute atomic E-state index is 12.5. The van der Waals surface area contributed by atoms with Crippen LogP contribution < -0.4 is 4.90 Å². The van der Waals surface area contributed by atoms with Crippen LogP contribution in [-0.2, 0) is 4.74 Å². The van der Waals surface area contributed by atoms with Gasteiger partial charge in [0.25, 0.3) is 0 Å². The first kappa shape index (κ1) is 21.4. The van der Waals surface area contributed by atoms with Crippen molar-refractivity contribution in [1.82, 2.24) is 9.38 Å². The third-order valence-electron chi connectivity index (χ3n) is 4.86. The molecule has 0 aliphatic heterocycles. The van der Waals surface area contributed by atoms with E-state index in [-0.39, 0.29) is 18.4 Å². The van der Waals surface area contributed by atoms with Gasteiger partial charge in [-0.3, -0.25) is 0 Å². The SMILES string of the molecule is CCN(CCOC(=O)c1ccn2cc(-c3ccccc3)nc2c1)c1ccccc1.Cl. The van der Waals surface area contributed by atoms with E-state index in [2.05, 4.69) is 28.9 Å². The molecule has 6 heteroatoms. The number of anilines is 1. The Morgan fingerprint density at radius 1 is 1.03 bits per heavy atom. The average Bonchev–Trinajstić information content (AvgIpc) is 3.21. The molecular formula is C24H24ClN3O2. The molecule has 0 aliphatic rings. The summed E-state index contributed by atoms with van der Waals surface area (Å²) in [5.74, 6) is -0.333. The van der Waals surface area contributed by atoms with E-state index in [0.717, 1.165) is 29.1 Å². The summed E-state index contributed by atoms with van der Waals surface area (Å²) >= 11 is 0. The van der Waals surface area contributed by atoms with Crippen LogP contribution in [-0.4, -0.2) is 35.1 Å². The second-order valence-corrected chi connectivity index (χ2v) is 6.72. The van der Waals surface area contributed by atoms with Crippen molar-refractivity contribution in [2.24, 2.45) is 0 Å². The first-order chi connectivity index (χ1) is 14.2. The molecule has 0 bridgehead atoms. The molecule has 0 N–H and O–H groups in total. The number of ether oxygens (including phenoxy) is 1. The third-order valence-corrected chi connectivity index (χ3v) is 4.86. The molecule has 0 aliphatic carbocycles. The number of esters is 1. The number of para-hydroxylation sites is 1. The molecule has 0 saturated carbocycles. The number of nitrogens with zero attached hydrogens (tertiary/aromatic N) is 3. The van der Waals surface area contributed by atoms with E-state index in [1.54, 1.807) is 12.1 Å². The van der Waals surface area contributed by atoms with Gasteiger partial charge < -0.3 is 14.0 Å². The Balaban J connectivity index is 0.00000256. The zero-order valence-electron chi connectivity index (χ0n) is 16.8. The van der Waals surface area contributed by atoms with Crippen LogP contribution >= 0.6 is 12.4 Å². The van der Waals surface area contributed by atoms with E-state index in [9.17, 15) is 4.79 Å². The van der Waals surface area contributed by atoms with Crippen LogP contribution in [0.5, 0.6) is 0 Å². The number of carbonyl (C=O) groups is 1. The Morgan fingerprint density at radius 3 is 2.43 bits per heavy atom. The van der Waals surface area contributed by atoms with E-state index < -0.39 is 0 Å². The van der Waals surface area contributed by atoms with E-state index >= 15 is 0 Å². The quantitative estimate of drug-likeness (QED) is 0.389. The Bertz CT molecular complexity index is 1100. The number of pyridine rings is 1. The van der Waals surface area contributed by atoms with Gasteiger partial charge in [-0.25, -0.2) is 9.78 Å². The number of benzene rings is 2. The monoisotopic (exact) mass is 421 g/mol. The lowest BCUT2D eigenvalue weighted by Gasteiger charge is -2.22. The van der Waals surface area contributed by atoms with Crippen molar-refractivity contribution < 1.29 is 9.53 Å². The maximum Gasteiger partial charge on any atom is 0.338 e. The van der Waals surface area contributed by atoms with Crippen LogP contribution in [0.2, 0.25) is 0 Å². The first-order valence-electron chi connectivity index (χ1n) is 9.76. The summed E-state index contributed by atoms with van der Waals surface area (Å²) in [5, 5.41) is 0. The molecule has 0 fully saturated rings. The molecule has 154 valence electrons. The number of fused-ring (bicyclic) bond motifs is 1. The highest BCUT2D eigenvalue weighted by Crippen LogP contribution is 2.19. The first-order valence-corrected chi connectivity index (χ1v) is 9.76. The fourth-order valence-electron chi connectivity index (χ4n) is 3.30. The molecule has 0 saturated heterocycles.